The molecule has 3 aromatic rings. The van der Waals surface area contributed by atoms with Crippen molar-refractivity contribution in [1.82, 2.24) is 9.78 Å². The van der Waals surface area contributed by atoms with Gasteiger partial charge >= 0.3 is 6.61 Å². The lowest BCUT2D eigenvalue weighted by Crippen LogP contribution is -2.09. The molecule has 0 fully saturated rings. The number of rotatable bonds is 4. The summed E-state index contributed by atoms with van der Waals surface area (Å²) in [7, 11) is 0. The van der Waals surface area contributed by atoms with Crippen molar-refractivity contribution in [3.05, 3.63) is 64.4 Å². The van der Waals surface area contributed by atoms with E-state index >= 15 is 0 Å². The molecular formula is C15H12F2N2O2. The maximum atomic E-state index is 12.4. The van der Waals surface area contributed by atoms with Gasteiger partial charge in [0.25, 0.3) is 5.56 Å². The minimum atomic E-state index is -2.88. The number of benzene rings is 2. The quantitative estimate of drug-likeness (QED) is 0.803. The molecule has 0 radical (unpaired) electrons. The van der Waals surface area contributed by atoms with E-state index in [0.717, 1.165) is 0 Å². The minimum Gasteiger partial charge on any atom is -0.434 e. The van der Waals surface area contributed by atoms with Crippen molar-refractivity contribution in [1.29, 1.82) is 0 Å². The number of aromatic nitrogens is 2. The Kier molecular flexibility index (Phi) is 3.43. The number of alkyl halides is 2. The fourth-order valence-corrected chi connectivity index (χ4v) is 2.28. The molecule has 4 nitrogen and oxygen atoms in total. The van der Waals surface area contributed by atoms with Gasteiger partial charge in [0.2, 0.25) is 0 Å². The Hall–Kier alpha value is -2.63. The summed E-state index contributed by atoms with van der Waals surface area (Å²) >= 11 is 0. The maximum absolute atomic E-state index is 12.4. The zero-order chi connectivity index (χ0) is 14.8. The fraction of sp³-hybridized carbons (Fsp3) is 0.133. The smallest absolute Gasteiger partial charge is 0.387 e. The molecule has 0 aliphatic heterocycles. The number of hydrogen-bond donors (Lipinski definition) is 1. The fourth-order valence-electron chi connectivity index (χ4n) is 2.28. The van der Waals surface area contributed by atoms with Gasteiger partial charge in [-0.3, -0.25) is 14.6 Å². The van der Waals surface area contributed by atoms with Crippen LogP contribution in [0.3, 0.4) is 0 Å². The largest absolute Gasteiger partial charge is 0.434 e. The Morgan fingerprint density at radius 1 is 1.10 bits per heavy atom. The van der Waals surface area contributed by atoms with Gasteiger partial charge in [0.15, 0.2) is 0 Å². The normalized spacial score (nSPS) is 11.2. The molecule has 0 saturated heterocycles. The van der Waals surface area contributed by atoms with Crippen LogP contribution in [0.1, 0.15) is 5.56 Å². The van der Waals surface area contributed by atoms with E-state index in [1.54, 1.807) is 41.1 Å². The summed E-state index contributed by atoms with van der Waals surface area (Å²) in [5.74, 6) is 0.103. The number of aromatic amines is 1. The van der Waals surface area contributed by atoms with Crippen LogP contribution in [0.15, 0.2) is 53.3 Å². The molecule has 1 aromatic heterocycles. The first-order valence-corrected chi connectivity index (χ1v) is 6.35. The molecule has 0 bridgehead atoms. The summed E-state index contributed by atoms with van der Waals surface area (Å²) in [4.78, 5) is 11.8. The molecule has 0 unspecified atom stereocenters. The van der Waals surface area contributed by atoms with Crippen LogP contribution in [0.5, 0.6) is 5.75 Å². The van der Waals surface area contributed by atoms with Gasteiger partial charge < -0.3 is 4.74 Å². The summed E-state index contributed by atoms with van der Waals surface area (Å²) in [5, 5.41) is 3.26. The number of fused-ring (bicyclic) bond motifs is 1. The Morgan fingerprint density at radius 2 is 1.81 bits per heavy atom. The first-order chi connectivity index (χ1) is 10.1. The van der Waals surface area contributed by atoms with Gasteiger partial charge in [-0.05, 0) is 18.2 Å². The van der Waals surface area contributed by atoms with E-state index in [0.29, 0.717) is 16.5 Å². The monoisotopic (exact) mass is 290 g/mol. The SMILES string of the molecule is O=c1[nH]n(Cc2ccccc2OC(F)F)c2ccccc12. The molecule has 0 aliphatic carbocycles. The standard InChI is InChI=1S/C15H12F2N2O2/c16-15(17)21-13-8-4-1-5-10(13)9-19-12-7-3-2-6-11(12)14(20)18-19/h1-8,15H,9H2,(H,18,20). The van der Waals surface area contributed by atoms with E-state index in [4.69, 9.17) is 0 Å². The minimum absolute atomic E-state index is 0.103. The van der Waals surface area contributed by atoms with Crippen LogP contribution in [-0.2, 0) is 6.54 Å². The van der Waals surface area contributed by atoms with Gasteiger partial charge in [-0.25, -0.2) is 0 Å². The van der Waals surface area contributed by atoms with Crippen LogP contribution < -0.4 is 10.3 Å². The average molecular weight is 290 g/mol. The van der Waals surface area contributed by atoms with Crippen molar-refractivity contribution < 1.29 is 13.5 Å². The average Bonchev–Trinajstić information content (AvgIpc) is 2.78. The first-order valence-electron chi connectivity index (χ1n) is 6.35. The second kappa shape index (κ2) is 5.40. The molecule has 21 heavy (non-hydrogen) atoms. The Morgan fingerprint density at radius 3 is 2.62 bits per heavy atom. The highest BCUT2D eigenvalue weighted by molar-refractivity contribution is 5.78. The first kappa shape index (κ1) is 13.4. The number of nitrogens with one attached hydrogen (secondary N) is 1. The van der Waals surface area contributed by atoms with Crippen molar-refractivity contribution >= 4 is 10.9 Å². The van der Waals surface area contributed by atoms with Crippen molar-refractivity contribution in [2.75, 3.05) is 0 Å². The number of para-hydroxylation sites is 2. The predicted molar refractivity (Wildman–Crippen MR) is 74.7 cm³/mol. The number of halogens is 2. The summed E-state index contributed by atoms with van der Waals surface area (Å²) in [5.41, 5.74) is 1.07. The molecule has 0 atom stereocenters. The number of H-pyrrole nitrogens is 1. The molecule has 2 aromatic carbocycles. The molecule has 6 heteroatoms. The van der Waals surface area contributed by atoms with Crippen LogP contribution >= 0.6 is 0 Å². The topological polar surface area (TPSA) is 47.0 Å². The van der Waals surface area contributed by atoms with E-state index < -0.39 is 6.61 Å². The van der Waals surface area contributed by atoms with Crippen molar-refractivity contribution in [3.63, 3.8) is 0 Å². The second-order valence-corrected chi connectivity index (χ2v) is 4.53. The molecule has 108 valence electrons. The van der Waals surface area contributed by atoms with Crippen molar-refractivity contribution in [3.8, 4) is 5.75 Å². The third-order valence-electron chi connectivity index (χ3n) is 3.19. The van der Waals surface area contributed by atoms with Gasteiger partial charge in [0.05, 0.1) is 17.4 Å². The lowest BCUT2D eigenvalue weighted by Gasteiger charge is -2.11. The zero-order valence-corrected chi connectivity index (χ0v) is 10.9. The second-order valence-electron chi connectivity index (χ2n) is 4.53. The van der Waals surface area contributed by atoms with Gasteiger partial charge in [-0.15, -0.1) is 0 Å². The molecule has 0 saturated carbocycles. The van der Waals surface area contributed by atoms with E-state index in [2.05, 4.69) is 9.84 Å². The van der Waals surface area contributed by atoms with Crippen LogP contribution in [0.2, 0.25) is 0 Å². The number of nitrogens with zero attached hydrogens (tertiary/aromatic N) is 1. The molecule has 3 rings (SSSR count). The van der Waals surface area contributed by atoms with E-state index in [9.17, 15) is 13.6 Å². The summed E-state index contributed by atoms with van der Waals surface area (Å²) in [6.45, 7) is -2.64. The van der Waals surface area contributed by atoms with Gasteiger partial charge in [-0.1, -0.05) is 30.3 Å². The molecule has 1 N–H and O–H groups in total. The Bertz CT molecular complexity index is 824. The van der Waals surface area contributed by atoms with Crippen LogP contribution in [-0.4, -0.2) is 16.4 Å². The molecule has 0 spiro atoms. The number of ether oxygens (including phenoxy) is 1. The van der Waals surface area contributed by atoms with Crippen molar-refractivity contribution in [2.45, 2.75) is 13.2 Å². The summed E-state index contributed by atoms with van der Waals surface area (Å²) < 4.78 is 30.9. The lowest BCUT2D eigenvalue weighted by atomic mass is 10.2. The highest BCUT2D eigenvalue weighted by atomic mass is 19.3. The summed E-state index contributed by atoms with van der Waals surface area (Å²) in [6.07, 6.45) is 0. The van der Waals surface area contributed by atoms with E-state index in [1.807, 2.05) is 6.07 Å². The van der Waals surface area contributed by atoms with Gasteiger partial charge in [0, 0.05) is 5.56 Å². The van der Waals surface area contributed by atoms with Gasteiger partial charge in [0.1, 0.15) is 5.75 Å². The van der Waals surface area contributed by atoms with Gasteiger partial charge in [-0.2, -0.15) is 8.78 Å². The highest BCUT2D eigenvalue weighted by Gasteiger charge is 2.11. The highest BCUT2D eigenvalue weighted by Crippen LogP contribution is 2.22. The molecular weight excluding hydrogens is 278 g/mol. The molecule has 0 amide bonds. The van der Waals surface area contributed by atoms with E-state index in [-0.39, 0.29) is 17.9 Å². The zero-order valence-electron chi connectivity index (χ0n) is 10.9. The maximum Gasteiger partial charge on any atom is 0.387 e. The van der Waals surface area contributed by atoms with E-state index in [1.165, 1.54) is 6.07 Å². The third-order valence-corrected chi connectivity index (χ3v) is 3.19. The lowest BCUT2D eigenvalue weighted by molar-refractivity contribution is -0.0505. The molecule has 0 aliphatic rings. The van der Waals surface area contributed by atoms with Crippen LogP contribution in [0, 0.1) is 0 Å². The summed E-state index contributed by atoms with van der Waals surface area (Å²) in [6, 6.07) is 13.6. The Balaban J connectivity index is 2.01. The van der Waals surface area contributed by atoms with Crippen molar-refractivity contribution in [2.24, 2.45) is 0 Å². The van der Waals surface area contributed by atoms with Crippen LogP contribution in [0.25, 0.3) is 10.9 Å². The third kappa shape index (κ3) is 2.65. The molecule has 1 heterocycles. The van der Waals surface area contributed by atoms with Crippen LogP contribution in [0.4, 0.5) is 8.78 Å². The number of hydrogen-bond acceptors (Lipinski definition) is 2. The predicted octanol–water partition coefficient (Wildman–Crippen LogP) is 2.98. The Labute approximate surface area is 118 Å².